The maximum Gasteiger partial charge on any atom is 0.271 e. The summed E-state index contributed by atoms with van der Waals surface area (Å²) in [6.45, 7) is 0.238. The molecule has 0 aliphatic carbocycles. The number of nitrogens with one attached hydrogen (secondary N) is 2. The topological polar surface area (TPSA) is 71.1 Å². The van der Waals surface area contributed by atoms with E-state index >= 15 is 0 Å². The Bertz CT molecular complexity index is 993. The van der Waals surface area contributed by atoms with Gasteiger partial charge in [-0.3, -0.25) is 14.9 Å². The molecule has 0 fully saturated rings. The Labute approximate surface area is 168 Å². The molecule has 2 aromatic carbocycles. The molecule has 0 spiro atoms. The van der Waals surface area contributed by atoms with E-state index in [2.05, 4.69) is 15.6 Å². The van der Waals surface area contributed by atoms with Gasteiger partial charge in [0.25, 0.3) is 11.8 Å². The van der Waals surface area contributed by atoms with Gasteiger partial charge in [0, 0.05) is 17.5 Å². The lowest BCUT2D eigenvalue weighted by molar-refractivity contribution is 0.0945. The van der Waals surface area contributed by atoms with E-state index < -0.39 is 11.8 Å². The Morgan fingerprint density at radius 2 is 1.78 bits per heavy atom. The smallest absolute Gasteiger partial charge is 0.271 e. The number of thiazole rings is 1. The molecule has 0 saturated heterocycles. The zero-order chi connectivity index (χ0) is 19.4. The summed E-state index contributed by atoms with van der Waals surface area (Å²) >= 11 is 12.8. The van der Waals surface area contributed by atoms with Crippen LogP contribution in [0.1, 0.15) is 26.4 Å². The summed E-state index contributed by atoms with van der Waals surface area (Å²) in [5, 5.41) is 7.72. The molecule has 0 radical (unpaired) electrons. The van der Waals surface area contributed by atoms with Crippen LogP contribution in [0.15, 0.2) is 47.8 Å². The van der Waals surface area contributed by atoms with Crippen molar-refractivity contribution in [2.24, 2.45) is 0 Å². The first-order valence-electron chi connectivity index (χ1n) is 7.67. The van der Waals surface area contributed by atoms with Crippen molar-refractivity contribution < 1.29 is 14.0 Å². The Balaban J connectivity index is 1.60. The summed E-state index contributed by atoms with van der Waals surface area (Å²) in [7, 11) is 0. The predicted molar refractivity (Wildman–Crippen MR) is 104 cm³/mol. The maximum atomic E-state index is 12.9. The van der Waals surface area contributed by atoms with Crippen LogP contribution in [0.5, 0.6) is 0 Å². The van der Waals surface area contributed by atoms with Crippen LogP contribution >= 0.6 is 34.5 Å². The molecule has 27 heavy (non-hydrogen) atoms. The van der Waals surface area contributed by atoms with Gasteiger partial charge >= 0.3 is 0 Å². The molecule has 3 rings (SSSR count). The van der Waals surface area contributed by atoms with E-state index in [0.29, 0.717) is 10.6 Å². The number of hydrogen-bond donors (Lipinski definition) is 2. The zero-order valence-electron chi connectivity index (χ0n) is 13.6. The van der Waals surface area contributed by atoms with Gasteiger partial charge in [0.05, 0.1) is 10.0 Å². The maximum absolute atomic E-state index is 12.9. The van der Waals surface area contributed by atoms with Crippen LogP contribution in [-0.2, 0) is 6.54 Å². The number of amides is 2. The summed E-state index contributed by atoms with van der Waals surface area (Å²) in [6, 6.07) is 10.3. The van der Waals surface area contributed by atoms with Crippen LogP contribution in [0, 0.1) is 5.82 Å². The minimum atomic E-state index is -0.416. The van der Waals surface area contributed by atoms with Crippen LogP contribution in [-0.4, -0.2) is 16.8 Å². The van der Waals surface area contributed by atoms with E-state index in [1.54, 1.807) is 12.1 Å². The molecule has 2 amide bonds. The van der Waals surface area contributed by atoms with Gasteiger partial charge in [-0.1, -0.05) is 35.3 Å². The Morgan fingerprint density at radius 3 is 2.48 bits per heavy atom. The summed E-state index contributed by atoms with van der Waals surface area (Å²) in [5.74, 6) is -1.15. The number of halogens is 3. The van der Waals surface area contributed by atoms with Crippen molar-refractivity contribution in [1.29, 1.82) is 0 Å². The van der Waals surface area contributed by atoms with Crippen LogP contribution in [0.3, 0.4) is 0 Å². The average Bonchev–Trinajstić information content (AvgIpc) is 3.11. The highest BCUT2D eigenvalue weighted by Crippen LogP contribution is 2.23. The molecule has 0 saturated carbocycles. The van der Waals surface area contributed by atoms with Crippen LogP contribution in [0.25, 0.3) is 0 Å². The van der Waals surface area contributed by atoms with Crippen molar-refractivity contribution >= 4 is 51.5 Å². The van der Waals surface area contributed by atoms with Crippen molar-refractivity contribution in [2.45, 2.75) is 6.54 Å². The summed E-state index contributed by atoms with van der Waals surface area (Å²) in [5.41, 5.74) is 1.25. The largest absolute Gasteiger partial charge is 0.347 e. The first-order valence-corrected chi connectivity index (χ1v) is 9.30. The average molecular weight is 424 g/mol. The molecule has 1 aromatic heterocycles. The molecule has 3 aromatic rings. The number of aromatic nitrogens is 1. The fourth-order valence-electron chi connectivity index (χ4n) is 2.12. The molecule has 0 atom stereocenters. The number of rotatable bonds is 5. The third kappa shape index (κ3) is 5.03. The van der Waals surface area contributed by atoms with E-state index in [1.165, 1.54) is 35.7 Å². The molecule has 2 N–H and O–H groups in total. The van der Waals surface area contributed by atoms with Gasteiger partial charge in [-0.25, -0.2) is 9.37 Å². The first kappa shape index (κ1) is 19.3. The highest BCUT2D eigenvalue weighted by Gasteiger charge is 2.14. The second-order valence-corrected chi connectivity index (χ2v) is 7.10. The third-order valence-electron chi connectivity index (χ3n) is 3.51. The lowest BCUT2D eigenvalue weighted by Crippen LogP contribution is -2.23. The quantitative estimate of drug-likeness (QED) is 0.620. The standard InChI is InChI=1S/C18H12Cl2FN3O2S/c19-13-6-3-11(7-14(13)20)16(25)24-18-23-15(9-27-18)17(26)22-8-10-1-4-12(21)5-2-10/h1-7,9H,8H2,(H,22,26)(H,23,24,25). The van der Waals surface area contributed by atoms with Gasteiger partial charge in [0.2, 0.25) is 0 Å². The van der Waals surface area contributed by atoms with Crippen LogP contribution < -0.4 is 10.6 Å². The van der Waals surface area contributed by atoms with E-state index in [4.69, 9.17) is 23.2 Å². The van der Waals surface area contributed by atoms with E-state index in [1.807, 2.05) is 0 Å². The SMILES string of the molecule is O=C(Nc1nc(C(=O)NCc2ccc(F)cc2)cs1)c1ccc(Cl)c(Cl)c1. The molecule has 1 heterocycles. The highest BCUT2D eigenvalue weighted by molar-refractivity contribution is 7.14. The monoisotopic (exact) mass is 423 g/mol. The van der Waals surface area contributed by atoms with Gasteiger partial charge in [-0.2, -0.15) is 0 Å². The Morgan fingerprint density at radius 1 is 1.04 bits per heavy atom. The minimum Gasteiger partial charge on any atom is -0.347 e. The first-order chi connectivity index (χ1) is 12.9. The van der Waals surface area contributed by atoms with E-state index in [-0.39, 0.29) is 28.2 Å². The molecule has 0 unspecified atom stereocenters. The van der Waals surface area contributed by atoms with Gasteiger partial charge in [0.1, 0.15) is 11.5 Å². The normalized spacial score (nSPS) is 10.5. The molecule has 5 nitrogen and oxygen atoms in total. The van der Waals surface area contributed by atoms with E-state index in [0.717, 1.165) is 16.9 Å². The molecule has 0 aliphatic heterocycles. The lowest BCUT2D eigenvalue weighted by Gasteiger charge is -2.04. The third-order valence-corrected chi connectivity index (χ3v) is 5.00. The summed E-state index contributed by atoms with van der Waals surface area (Å²) in [4.78, 5) is 28.5. The second kappa shape index (κ2) is 8.47. The fourth-order valence-corrected chi connectivity index (χ4v) is 3.10. The van der Waals surface area contributed by atoms with Crippen molar-refractivity contribution in [3.8, 4) is 0 Å². The Kier molecular flexibility index (Phi) is 6.05. The predicted octanol–water partition coefficient (Wildman–Crippen LogP) is 4.77. The number of carbonyl (C=O) groups excluding carboxylic acids is 2. The van der Waals surface area contributed by atoms with E-state index in [9.17, 15) is 14.0 Å². The van der Waals surface area contributed by atoms with Crippen molar-refractivity contribution in [1.82, 2.24) is 10.3 Å². The molecular formula is C18H12Cl2FN3O2S. The van der Waals surface area contributed by atoms with Gasteiger partial charge < -0.3 is 5.32 Å². The zero-order valence-corrected chi connectivity index (χ0v) is 16.0. The number of benzene rings is 2. The molecule has 138 valence electrons. The lowest BCUT2D eigenvalue weighted by atomic mass is 10.2. The molecular weight excluding hydrogens is 412 g/mol. The van der Waals surface area contributed by atoms with Crippen LogP contribution in [0.2, 0.25) is 10.0 Å². The van der Waals surface area contributed by atoms with Crippen molar-refractivity contribution in [3.05, 3.63) is 80.5 Å². The number of nitrogens with zero attached hydrogens (tertiary/aromatic N) is 1. The number of carbonyl (C=O) groups is 2. The summed E-state index contributed by atoms with van der Waals surface area (Å²) in [6.07, 6.45) is 0. The van der Waals surface area contributed by atoms with Gasteiger partial charge in [-0.15, -0.1) is 11.3 Å². The number of anilines is 1. The fraction of sp³-hybridized carbons (Fsp3) is 0.0556. The van der Waals surface area contributed by atoms with Crippen LogP contribution in [0.4, 0.5) is 9.52 Å². The molecule has 9 heteroatoms. The molecule has 0 bridgehead atoms. The van der Waals surface area contributed by atoms with Crippen molar-refractivity contribution in [3.63, 3.8) is 0 Å². The second-order valence-electron chi connectivity index (χ2n) is 5.43. The minimum absolute atomic E-state index is 0.173. The molecule has 0 aliphatic rings. The van der Waals surface area contributed by atoms with Crippen molar-refractivity contribution in [2.75, 3.05) is 5.32 Å². The Hall–Kier alpha value is -2.48. The number of hydrogen-bond acceptors (Lipinski definition) is 4. The van der Waals surface area contributed by atoms with Gasteiger partial charge in [0.15, 0.2) is 5.13 Å². The highest BCUT2D eigenvalue weighted by atomic mass is 35.5. The summed E-state index contributed by atoms with van der Waals surface area (Å²) < 4.78 is 12.9. The van der Waals surface area contributed by atoms with Gasteiger partial charge in [-0.05, 0) is 35.9 Å².